The summed E-state index contributed by atoms with van der Waals surface area (Å²) < 4.78 is 13.3. The van der Waals surface area contributed by atoms with Crippen LogP contribution in [-0.4, -0.2) is 167 Å². The smallest absolute Gasteiger partial charge is 0.247 e. The summed E-state index contributed by atoms with van der Waals surface area (Å²) in [5, 5.41) is 22.1. The Labute approximate surface area is 322 Å². The Morgan fingerprint density at radius 1 is 1.04 bits per heavy atom. The summed E-state index contributed by atoms with van der Waals surface area (Å²) in [6.07, 6.45) is 2.23. The fourth-order valence-corrected chi connectivity index (χ4v) is 7.99. The molecule has 3 N–H and O–H groups in total. The number of carbonyl (C=O) groups is 1. The monoisotopic (exact) mass is 702 g/mol. The standard InChI is InChI=1S/C30H45B11N8O4/c1-3-17(50)43-12-10-13(15(52-2)11-14(12)47-6-8-53-9-7-47)44-29-42-5-4-16(45-29)49-26(36)19(30(40,41)48(27(37)38)28(39)51)25(46-49)18-20(31)22(33)24(35)23(34)21(18)32/h3-5,10-11,27-28,51H,1,6-9,31-41H2,2H3,(H,43,50)(H,42,44,45). The van der Waals surface area contributed by atoms with E-state index < -0.39 is 11.5 Å². The van der Waals surface area contributed by atoms with Gasteiger partial charge in [-0.1, -0.05) is 17.5 Å². The van der Waals surface area contributed by atoms with Gasteiger partial charge in [-0.25, -0.2) is 9.67 Å². The maximum absolute atomic E-state index is 12.5. The van der Waals surface area contributed by atoms with Gasteiger partial charge < -0.3 is 35.0 Å². The minimum Gasteiger partial charge on any atom is -0.494 e. The molecule has 0 aliphatic carbocycles. The van der Waals surface area contributed by atoms with Crippen molar-refractivity contribution in [2.75, 3.05) is 48.9 Å². The molecule has 2 aromatic carbocycles. The second-order valence-corrected chi connectivity index (χ2v) is 14.6. The van der Waals surface area contributed by atoms with Crippen molar-refractivity contribution >= 4 is 148 Å². The van der Waals surface area contributed by atoms with Crippen molar-refractivity contribution in [3.8, 4) is 22.8 Å². The summed E-state index contributed by atoms with van der Waals surface area (Å²) in [5.74, 6) is 1.16. The zero-order chi connectivity index (χ0) is 38.9. The highest BCUT2D eigenvalue weighted by Gasteiger charge is 2.39. The lowest BCUT2D eigenvalue weighted by atomic mass is 9.51. The average Bonchev–Trinajstić information content (AvgIpc) is 3.47. The largest absolute Gasteiger partial charge is 0.494 e. The SMILES string of the molecule is Bc1c(B)c(B)c(-c2nn(-c3ccnc(Nc4cc(NC(=O)C=C)c(N5CCOCC5)cc4OC)n3)c(B)c2C(B)(B)N(C(B)B)C(B)O)c(B)c1B. The quantitative estimate of drug-likeness (QED) is 0.0745. The number of ether oxygens (including phenoxy) is 2. The van der Waals surface area contributed by atoms with E-state index in [1.165, 1.54) is 33.4 Å². The van der Waals surface area contributed by atoms with Crippen LogP contribution in [-0.2, 0) is 14.9 Å². The van der Waals surface area contributed by atoms with E-state index in [2.05, 4.69) is 110 Å². The zero-order valence-corrected chi connectivity index (χ0v) is 33.4. The summed E-state index contributed by atoms with van der Waals surface area (Å²) in [4.78, 5) is 26.3. The van der Waals surface area contributed by atoms with Gasteiger partial charge in [-0.3, -0.25) is 4.79 Å². The first-order chi connectivity index (χ1) is 25.0. The van der Waals surface area contributed by atoms with Crippen LogP contribution in [0.4, 0.5) is 23.0 Å². The van der Waals surface area contributed by atoms with E-state index in [0.29, 0.717) is 55.2 Å². The fourth-order valence-electron chi connectivity index (χ4n) is 7.99. The second-order valence-electron chi connectivity index (χ2n) is 14.6. The molecule has 262 valence electrons. The van der Waals surface area contributed by atoms with Crippen LogP contribution in [0, 0.1) is 0 Å². The van der Waals surface area contributed by atoms with Gasteiger partial charge in [0.25, 0.3) is 0 Å². The Bertz CT molecular complexity index is 2010. The van der Waals surface area contributed by atoms with Gasteiger partial charge >= 0.3 is 0 Å². The molecule has 0 spiro atoms. The van der Waals surface area contributed by atoms with E-state index in [9.17, 15) is 9.90 Å². The Hall–Kier alpha value is -4.07. The number of nitrogens with one attached hydrogen (secondary N) is 2. The Morgan fingerprint density at radius 3 is 2.23 bits per heavy atom. The van der Waals surface area contributed by atoms with Crippen LogP contribution >= 0.6 is 0 Å². The van der Waals surface area contributed by atoms with Crippen molar-refractivity contribution in [3.63, 3.8) is 0 Å². The molecule has 12 nitrogen and oxygen atoms in total. The number of methoxy groups -OCH3 is 1. The first-order valence-electron chi connectivity index (χ1n) is 18.3. The molecule has 0 bridgehead atoms. The van der Waals surface area contributed by atoms with Crippen LogP contribution in [0.5, 0.6) is 5.75 Å². The number of morpholine rings is 1. The van der Waals surface area contributed by atoms with Crippen LogP contribution in [0.15, 0.2) is 37.1 Å². The Kier molecular flexibility index (Phi) is 12.2. The predicted octanol–water partition coefficient (Wildman–Crippen LogP) is -12.3. The molecule has 1 fully saturated rings. The van der Waals surface area contributed by atoms with E-state index in [0.717, 1.165) is 28.1 Å². The highest BCUT2D eigenvalue weighted by Crippen LogP contribution is 2.39. The van der Waals surface area contributed by atoms with Gasteiger partial charge in [-0.15, -0.1) is 16.4 Å². The van der Waals surface area contributed by atoms with Crippen molar-refractivity contribution in [2.24, 2.45) is 0 Å². The number of nitrogens with zero attached hydrogens (tertiary/aromatic N) is 6. The van der Waals surface area contributed by atoms with Crippen molar-refractivity contribution in [1.82, 2.24) is 24.6 Å². The third kappa shape index (κ3) is 7.79. The number of carbonyl (C=O) groups excluding carboxylic acids is 1. The Morgan fingerprint density at radius 2 is 1.66 bits per heavy atom. The first-order valence-corrected chi connectivity index (χ1v) is 18.3. The van der Waals surface area contributed by atoms with Crippen LogP contribution in [0.3, 0.4) is 0 Å². The maximum Gasteiger partial charge on any atom is 0.247 e. The van der Waals surface area contributed by atoms with Gasteiger partial charge in [-0.05, 0) is 34.4 Å². The molecular weight excluding hydrogens is 655 g/mol. The van der Waals surface area contributed by atoms with Crippen molar-refractivity contribution in [2.45, 2.75) is 17.3 Å². The lowest BCUT2D eigenvalue weighted by Gasteiger charge is -2.45. The average molecular weight is 701 g/mol. The lowest BCUT2D eigenvalue weighted by Crippen LogP contribution is -2.60. The molecule has 3 heterocycles. The molecule has 2 aromatic heterocycles. The number of benzene rings is 2. The number of hydrogen-bond donors (Lipinski definition) is 3. The van der Waals surface area contributed by atoms with Gasteiger partial charge in [0.05, 0.1) is 49.2 Å². The molecule has 23 heteroatoms. The van der Waals surface area contributed by atoms with E-state index in [4.69, 9.17) is 19.6 Å². The molecule has 0 saturated carbocycles. The van der Waals surface area contributed by atoms with Crippen LogP contribution < -0.4 is 53.2 Å². The van der Waals surface area contributed by atoms with E-state index >= 15 is 0 Å². The molecule has 5 rings (SSSR count). The van der Waals surface area contributed by atoms with Crippen LogP contribution in [0.1, 0.15) is 5.56 Å². The Balaban J connectivity index is 1.67. The van der Waals surface area contributed by atoms with Gasteiger partial charge in [0.1, 0.15) is 76.4 Å². The third-order valence-corrected chi connectivity index (χ3v) is 10.8. The summed E-state index contributed by atoms with van der Waals surface area (Å²) in [6.45, 7) is 6.15. The van der Waals surface area contributed by atoms with Crippen LogP contribution in [0.2, 0.25) is 0 Å². The van der Waals surface area contributed by atoms with Crippen LogP contribution in [0.25, 0.3) is 17.1 Å². The van der Waals surface area contributed by atoms with E-state index in [1.54, 1.807) is 13.3 Å². The molecular formula is C30H45B11N8O4. The summed E-state index contributed by atoms with van der Waals surface area (Å²) >= 11 is 0. The molecule has 4 aromatic rings. The van der Waals surface area contributed by atoms with E-state index in [1.807, 2.05) is 30.7 Å². The van der Waals surface area contributed by atoms with E-state index in [-0.39, 0.29) is 11.7 Å². The molecule has 1 unspecified atom stereocenters. The molecule has 1 atom stereocenters. The normalized spacial score (nSPS) is 13.9. The molecule has 0 radical (unpaired) electrons. The molecule has 53 heavy (non-hydrogen) atoms. The van der Waals surface area contributed by atoms with Gasteiger partial charge in [0, 0.05) is 37.0 Å². The van der Waals surface area contributed by atoms with Crippen molar-refractivity contribution < 1.29 is 19.4 Å². The second kappa shape index (κ2) is 16.1. The number of aromatic nitrogens is 4. The third-order valence-electron chi connectivity index (χ3n) is 10.8. The van der Waals surface area contributed by atoms with Gasteiger partial charge in [-0.2, -0.15) is 10.1 Å². The minimum atomic E-state index is -0.704. The predicted molar refractivity (Wildman–Crippen MR) is 248 cm³/mol. The van der Waals surface area contributed by atoms with Gasteiger partial charge in [0.15, 0.2) is 21.5 Å². The number of hydrogen-bond acceptors (Lipinski definition) is 10. The zero-order valence-electron chi connectivity index (χ0n) is 33.4. The summed E-state index contributed by atoms with van der Waals surface area (Å²) in [5.41, 5.74) is 12.0. The summed E-state index contributed by atoms with van der Waals surface area (Å²) in [7, 11) is 24.8. The number of aliphatic hydroxyl groups is 1. The molecule has 1 aliphatic rings. The highest BCUT2D eigenvalue weighted by atomic mass is 16.5. The van der Waals surface area contributed by atoms with Crippen molar-refractivity contribution in [3.05, 3.63) is 42.6 Å². The van der Waals surface area contributed by atoms with Gasteiger partial charge in [0.2, 0.25) is 11.9 Å². The minimum absolute atomic E-state index is 0.0462. The lowest BCUT2D eigenvalue weighted by molar-refractivity contribution is -0.111. The molecule has 1 amide bonds. The number of rotatable bonds is 12. The molecule has 1 aliphatic heterocycles. The maximum atomic E-state index is 12.5. The number of amides is 1. The highest BCUT2D eigenvalue weighted by molar-refractivity contribution is 6.68. The first kappa shape index (κ1) is 40.1. The van der Waals surface area contributed by atoms with Crippen molar-refractivity contribution in [1.29, 1.82) is 0 Å². The fraction of sp³-hybridized carbons (Fsp3) is 0.267. The topological polar surface area (TPSA) is 130 Å². The summed E-state index contributed by atoms with van der Waals surface area (Å²) in [6, 6.07) is 5.55. The number of aliphatic hydroxyl groups excluding tert-OH is 1. The molecule has 1 saturated heterocycles. The number of anilines is 4.